The number of nitrogens with zero attached hydrogens (tertiary/aromatic N) is 1. The van der Waals surface area contributed by atoms with Gasteiger partial charge in [0.05, 0.1) is 17.3 Å². The van der Waals surface area contributed by atoms with Crippen LogP contribution >= 0.6 is 15.9 Å². The zero-order chi connectivity index (χ0) is 11.7. The molecule has 0 aliphatic rings. The molecule has 0 radical (unpaired) electrons. The van der Waals surface area contributed by atoms with Crippen LogP contribution in [-0.4, -0.2) is 22.4 Å². The number of aromatic nitrogens is 2. The summed E-state index contributed by atoms with van der Waals surface area (Å²) in [4.78, 5) is 0. The number of aromatic hydroxyl groups is 1. The molecule has 0 aliphatic carbocycles. The number of nitrogens with two attached hydrogens (primary N) is 1. The monoisotopic (exact) mass is 283 g/mol. The summed E-state index contributed by atoms with van der Waals surface area (Å²) in [6.07, 6.45) is 0. The van der Waals surface area contributed by atoms with Crippen molar-refractivity contribution in [2.24, 2.45) is 0 Å². The van der Waals surface area contributed by atoms with E-state index in [2.05, 4.69) is 26.1 Å². The topological polar surface area (TPSA) is 84.2 Å². The molecule has 0 saturated carbocycles. The van der Waals surface area contributed by atoms with Crippen LogP contribution in [0.25, 0.3) is 11.3 Å². The number of methoxy groups -OCH3 is 1. The largest absolute Gasteiger partial charge is 0.506 e. The molecule has 0 bridgehead atoms. The number of benzene rings is 1. The predicted molar refractivity (Wildman–Crippen MR) is 64.4 cm³/mol. The van der Waals surface area contributed by atoms with E-state index in [0.29, 0.717) is 27.3 Å². The van der Waals surface area contributed by atoms with Crippen LogP contribution in [0.1, 0.15) is 0 Å². The lowest BCUT2D eigenvalue weighted by Crippen LogP contribution is -1.86. The zero-order valence-corrected chi connectivity index (χ0v) is 10.1. The fraction of sp³-hybridized carbons (Fsp3) is 0.100. The number of H-pyrrole nitrogens is 1. The van der Waals surface area contributed by atoms with E-state index in [0.717, 1.165) is 0 Å². The molecule has 2 aromatic rings. The summed E-state index contributed by atoms with van der Waals surface area (Å²) < 4.78 is 5.66. The Kier molecular flexibility index (Phi) is 2.74. The van der Waals surface area contributed by atoms with Crippen molar-refractivity contribution in [3.8, 4) is 22.8 Å². The van der Waals surface area contributed by atoms with Crippen molar-refractivity contribution in [1.29, 1.82) is 0 Å². The molecule has 0 fully saturated rings. The standard InChI is InChI=1S/C10H10BrN3O2/c1-16-5-2-6(10(15)7(11)3-5)8-4-9(12)14-13-8/h2-4,15H,1H3,(H3,12,13,14). The summed E-state index contributed by atoms with van der Waals surface area (Å²) in [6, 6.07) is 5.02. The number of phenols is 1. The van der Waals surface area contributed by atoms with Crippen molar-refractivity contribution in [2.75, 3.05) is 12.8 Å². The lowest BCUT2D eigenvalue weighted by molar-refractivity contribution is 0.412. The van der Waals surface area contributed by atoms with Gasteiger partial charge >= 0.3 is 0 Å². The van der Waals surface area contributed by atoms with Crippen LogP contribution < -0.4 is 10.5 Å². The van der Waals surface area contributed by atoms with Crippen LogP contribution in [0.5, 0.6) is 11.5 Å². The van der Waals surface area contributed by atoms with E-state index < -0.39 is 0 Å². The molecule has 0 saturated heterocycles. The Bertz CT molecular complexity index is 525. The van der Waals surface area contributed by atoms with Gasteiger partial charge in [-0.15, -0.1) is 0 Å². The van der Waals surface area contributed by atoms with E-state index in [4.69, 9.17) is 10.5 Å². The van der Waals surface area contributed by atoms with Gasteiger partial charge in [0.1, 0.15) is 17.3 Å². The predicted octanol–water partition coefficient (Wildman–Crippen LogP) is 2.14. The Morgan fingerprint density at radius 2 is 2.19 bits per heavy atom. The molecule has 6 heteroatoms. The normalized spacial score (nSPS) is 10.4. The van der Waals surface area contributed by atoms with Crippen molar-refractivity contribution in [3.63, 3.8) is 0 Å². The van der Waals surface area contributed by atoms with E-state index in [1.165, 1.54) is 0 Å². The molecule has 4 N–H and O–H groups in total. The van der Waals surface area contributed by atoms with E-state index in [1.807, 2.05) is 0 Å². The first-order chi connectivity index (χ1) is 7.61. The highest BCUT2D eigenvalue weighted by atomic mass is 79.9. The molecular formula is C10H10BrN3O2. The first-order valence-electron chi connectivity index (χ1n) is 4.49. The minimum Gasteiger partial charge on any atom is -0.506 e. The third-order valence-electron chi connectivity index (χ3n) is 2.16. The number of halogens is 1. The summed E-state index contributed by atoms with van der Waals surface area (Å²) in [5.41, 5.74) is 6.72. The maximum Gasteiger partial charge on any atom is 0.145 e. The minimum absolute atomic E-state index is 0.115. The molecule has 5 nitrogen and oxygen atoms in total. The number of hydrogen-bond acceptors (Lipinski definition) is 4. The Labute approximate surface area is 100 Å². The van der Waals surface area contributed by atoms with E-state index in [-0.39, 0.29) is 5.75 Å². The zero-order valence-electron chi connectivity index (χ0n) is 8.49. The summed E-state index contributed by atoms with van der Waals surface area (Å²) in [7, 11) is 1.56. The highest BCUT2D eigenvalue weighted by molar-refractivity contribution is 9.10. The average Bonchev–Trinajstić information content (AvgIpc) is 2.68. The van der Waals surface area contributed by atoms with Gasteiger partial charge in [0.2, 0.25) is 0 Å². The third-order valence-corrected chi connectivity index (χ3v) is 2.76. The van der Waals surface area contributed by atoms with Gasteiger partial charge in [0, 0.05) is 11.6 Å². The number of phenolic OH excluding ortho intramolecular Hbond substituents is 1. The number of nitrogen functional groups attached to an aromatic ring is 1. The van der Waals surface area contributed by atoms with Crippen LogP contribution in [-0.2, 0) is 0 Å². The third kappa shape index (κ3) is 1.83. The second-order valence-corrected chi connectivity index (χ2v) is 4.07. The summed E-state index contributed by atoms with van der Waals surface area (Å²) in [5, 5.41) is 16.4. The Balaban J connectivity index is 2.59. The Morgan fingerprint density at radius 3 is 2.75 bits per heavy atom. The molecule has 1 aromatic carbocycles. The highest BCUT2D eigenvalue weighted by Gasteiger charge is 2.12. The average molecular weight is 284 g/mol. The molecule has 1 heterocycles. The number of rotatable bonds is 2. The van der Waals surface area contributed by atoms with E-state index in [9.17, 15) is 5.11 Å². The fourth-order valence-corrected chi connectivity index (χ4v) is 1.81. The SMILES string of the molecule is COc1cc(Br)c(O)c(-c2cc(N)n[nH]2)c1. The molecule has 0 spiro atoms. The molecule has 0 atom stereocenters. The number of aromatic amines is 1. The van der Waals surface area contributed by atoms with Crippen molar-refractivity contribution in [3.05, 3.63) is 22.7 Å². The lowest BCUT2D eigenvalue weighted by atomic mass is 10.1. The van der Waals surface area contributed by atoms with Crippen LogP contribution in [0, 0.1) is 0 Å². The number of anilines is 1. The van der Waals surface area contributed by atoms with Crippen molar-refractivity contribution in [1.82, 2.24) is 10.2 Å². The second kappa shape index (κ2) is 4.05. The van der Waals surface area contributed by atoms with Gasteiger partial charge in [-0.25, -0.2) is 0 Å². The number of hydrogen-bond donors (Lipinski definition) is 3. The van der Waals surface area contributed by atoms with Crippen LogP contribution in [0.4, 0.5) is 5.82 Å². The van der Waals surface area contributed by atoms with Gasteiger partial charge < -0.3 is 15.6 Å². The van der Waals surface area contributed by atoms with E-state index >= 15 is 0 Å². The lowest BCUT2D eigenvalue weighted by Gasteiger charge is -2.07. The van der Waals surface area contributed by atoms with Gasteiger partial charge in [0.15, 0.2) is 0 Å². The number of nitrogens with one attached hydrogen (secondary N) is 1. The van der Waals surface area contributed by atoms with Crippen LogP contribution in [0.3, 0.4) is 0 Å². The van der Waals surface area contributed by atoms with Crippen molar-refractivity contribution >= 4 is 21.7 Å². The molecule has 16 heavy (non-hydrogen) atoms. The summed E-state index contributed by atoms with van der Waals surface area (Å²) >= 11 is 3.25. The highest BCUT2D eigenvalue weighted by Crippen LogP contribution is 2.38. The van der Waals surface area contributed by atoms with Crippen LogP contribution in [0.15, 0.2) is 22.7 Å². The van der Waals surface area contributed by atoms with Crippen LogP contribution in [0.2, 0.25) is 0 Å². The van der Waals surface area contributed by atoms with Gasteiger partial charge in [-0.2, -0.15) is 5.10 Å². The number of ether oxygens (including phenoxy) is 1. The minimum atomic E-state index is 0.115. The fourth-order valence-electron chi connectivity index (χ4n) is 1.37. The smallest absolute Gasteiger partial charge is 0.145 e. The quantitative estimate of drug-likeness (QED) is 0.788. The molecule has 2 rings (SSSR count). The molecule has 84 valence electrons. The summed E-state index contributed by atoms with van der Waals surface area (Å²) in [5.74, 6) is 1.12. The van der Waals surface area contributed by atoms with Gasteiger partial charge in [-0.3, -0.25) is 5.10 Å². The molecule has 0 amide bonds. The maximum atomic E-state index is 9.89. The molecular weight excluding hydrogens is 274 g/mol. The van der Waals surface area contributed by atoms with Gasteiger partial charge in [-0.1, -0.05) is 0 Å². The first-order valence-corrected chi connectivity index (χ1v) is 5.29. The second-order valence-electron chi connectivity index (χ2n) is 3.21. The van der Waals surface area contributed by atoms with E-state index in [1.54, 1.807) is 25.3 Å². The molecule has 1 aromatic heterocycles. The van der Waals surface area contributed by atoms with Gasteiger partial charge in [-0.05, 0) is 28.1 Å². The summed E-state index contributed by atoms with van der Waals surface area (Å²) in [6.45, 7) is 0. The van der Waals surface area contributed by atoms with Gasteiger partial charge in [0.25, 0.3) is 0 Å². The van der Waals surface area contributed by atoms with Crippen molar-refractivity contribution < 1.29 is 9.84 Å². The Hall–Kier alpha value is -1.69. The Morgan fingerprint density at radius 1 is 1.44 bits per heavy atom. The van der Waals surface area contributed by atoms with Crippen molar-refractivity contribution in [2.45, 2.75) is 0 Å². The molecule has 0 unspecified atom stereocenters. The first kappa shape index (κ1) is 10.8. The molecule has 0 aliphatic heterocycles. The maximum absolute atomic E-state index is 9.89.